The summed E-state index contributed by atoms with van der Waals surface area (Å²) in [5, 5.41) is 3.59. The highest BCUT2D eigenvalue weighted by atomic mass is 16.5. The van der Waals surface area contributed by atoms with Crippen molar-refractivity contribution >= 4 is 0 Å². The van der Waals surface area contributed by atoms with Crippen LogP contribution in [0.2, 0.25) is 0 Å². The molecular formula is C15H25NO2. The van der Waals surface area contributed by atoms with Crippen molar-refractivity contribution in [1.29, 1.82) is 0 Å². The molecule has 3 nitrogen and oxygen atoms in total. The van der Waals surface area contributed by atoms with Crippen LogP contribution in [0.4, 0.5) is 0 Å². The minimum absolute atomic E-state index is 0.247. The van der Waals surface area contributed by atoms with E-state index in [9.17, 15) is 0 Å². The van der Waals surface area contributed by atoms with Gasteiger partial charge in [-0.2, -0.15) is 0 Å². The molecule has 0 bridgehead atoms. The van der Waals surface area contributed by atoms with Gasteiger partial charge in [0.25, 0.3) is 0 Å². The van der Waals surface area contributed by atoms with Crippen LogP contribution < -0.4 is 14.8 Å². The molecule has 0 heterocycles. The minimum atomic E-state index is 0.247. The lowest BCUT2D eigenvalue weighted by atomic mass is 10.0. The normalized spacial score (nSPS) is 14.1. The maximum atomic E-state index is 5.41. The topological polar surface area (TPSA) is 30.5 Å². The first-order valence-corrected chi connectivity index (χ1v) is 6.60. The van der Waals surface area contributed by atoms with Crippen molar-refractivity contribution in [2.75, 3.05) is 14.2 Å². The van der Waals surface area contributed by atoms with Crippen molar-refractivity contribution in [3.05, 3.63) is 23.8 Å². The number of ether oxygens (including phenoxy) is 2. The van der Waals surface area contributed by atoms with Crippen molar-refractivity contribution in [2.45, 2.75) is 45.7 Å². The smallest absolute Gasteiger partial charge is 0.123 e. The van der Waals surface area contributed by atoms with Gasteiger partial charge in [0.15, 0.2) is 0 Å². The number of nitrogens with one attached hydrogen (secondary N) is 1. The number of hydrogen-bond acceptors (Lipinski definition) is 3. The molecule has 0 spiro atoms. The monoisotopic (exact) mass is 251 g/mol. The molecule has 3 heteroatoms. The van der Waals surface area contributed by atoms with E-state index in [1.54, 1.807) is 14.2 Å². The molecule has 2 atom stereocenters. The largest absolute Gasteiger partial charge is 0.497 e. The summed E-state index contributed by atoms with van der Waals surface area (Å²) in [6, 6.07) is 6.66. The number of methoxy groups -OCH3 is 2. The molecule has 102 valence electrons. The van der Waals surface area contributed by atoms with Gasteiger partial charge in [0.2, 0.25) is 0 Å². The van der Waals surface area contributed by atoms with Gasteiger partial charge in [0.05, 0.1) is 14.2 Å². The lowest BCUT2D eigenvalue weighted by Crippen LogP contribution is -2.29. The van der Waals surface area contributed by atoms with E-state index in [-0.39, 0.29) is 6.04 Å². The second kappa shape index (κ2) is 7.27. The Morgan fingerprint density at radius 1 is 1.17 bits per heavy atom. The second-order valence-electron chi connectivity index (χ2n) is 4.69. The van der Waals surface area contributed by atoms with Gasteiger partial charge in [-0.1, -0.05) is 13.3 Å². The molecule has 0 aliphatic heterocycles. The van der Waals surface area contributed by atoms with Gasteiger partial charge in [-0.15, -0.1) is 0 Å². The first-order valence-electron chi connectivity index (χ1n) is 6.60. The molecule has 2 unspecified atom stereocenters. The first-order chi connectivity index (χ1) is 8.62. The van der Waals surface area contributed by atoms with Gasteiger partial charge in [0.1, 0.15) is 11.5 Å². The van der Waals surface area contributed by atoms with Crippen LogP contribution in [0.15, 0.2) is 18.2 Å². The zero-order chi connectivity index (χ0) is 13.5. The summed E-state index contributed by atoms with van der Waals surface area (Å²) >= 11 is 0. The quantitative estimate of drug-likeness (QED) is 0.804. The van der Waals surface area contributed by atoms with Crippen LogP contribution in [-0.2, 0) is 0 Å². The molecule has 0 amide bonds. The third-order valence-electron chi connectivity index (χ3n) is 3.16. The summed E-state index contributed by atoms with van der Waals surface area (Å²) in [5.74, 6) is 1.77. The van der Waals surface area contributed by atoms with Crippen molar-refractivity contribution in [3.63, 3.8) is 0 Å². The molecule has 1 N–H and O–H groups in total. The van der Waals surface area contributed by atoms with Crippen LogP contribution in [-0.4, -0.2) is 20.3 Å². The molecule has 1 aromatic rings. The van der Waals surface area contributed by atoms with E-state index in [1.807, 2.05) is 18.2 Å². The Bertz CT molecular complexity index is 366. The number of rotatable bonds is 7. The maximum Gasteiger partial charge on any atom is 0.123 e. The molecule has 0 aromatic heterocycles. The highest BCUT2D eigenvalue weighted by Gasteiger charge is 2.14. The van der Waals surface area contributed by atoms with Crippen molar-refractivity contribution in [2.24, 2.45) is 0 Å². The van der Waals surface area contributed by atoms with Gasteiger partial charge in [0, 0.05) is 17.6 Å². The zero-order valence-corrected chi connectivity index (χ0v) is 12.1. The summed E-state index contributed by atoms with van der Waals surface area (Å²) in [7, 11) is 3.39. The van der Waals surface area contributed by atoms with Gasteiger partial charge < -0.3 is 14.8 Å². The summed E-state index contributed by atoms with van der Waals surface area (Å²) in [4.78, 5) is 0. The van der Waals surface area contributed by atoms with E-state index >= 15 is 0 Å². The molecule has 0 fully saturated rings. The van der Waals surface area contributed by atoms with E-state index in [0.717, 1.165) is 17.1 Å². The van der Waals surface area contributed by atoms with E-state index in [0.29, 0.717) is 6.04 Å². The molecular weight excluding hydrogens is 226 g/mol. The second-order valence-corrected chi connectivity index (χ2v) is 4.69. The predicted octanol–water partition coefficient (Wildman–Crippen LogP) is 3.54. The zero-order valence-electron chi connectivity index (χ0n) is 12.1. The first kappa shape index (κ1) is 14.8. The standard InChI is InChI=1S/C15H25NO2/c1-6-7-11(2)16-12(3)14-10-13(17-4)8-9-15(14)18-5/h8-12,16H,6-7H2,1-5H3. The third kappa shape index (κ3) is 3.91. The maximum absolute atomic E-state index is 5.41. The fraction of sp³-hybridized carbons (Fsp3) is 0.600. The van der Waals surface area contributed by atoms with Crippen LogP contribution in [0.5, 0.6) is 11.5 Å². The Balaban J connectivity index is 2.85. The van der Waals surface area contributed by atoms with Crippen LogP contribution in [0, 0.1) is 0 Å². The lowest BCUT2D eigenvalue weighted by molar-refractivity contribution is 0.384. The number of benzene rings is 1. The average Bonchev–Trinajstić information content (AvgIpc) is 2.38. The number of hydrogen-bond donors (Lipinski definition) is 1. The minimum Gasteiger partial charge on any atom is -0.497 e. The van der Waals surface area contributed by atoms with Gasteiger partial charge >= 0.3 is 0 Å². The Morgan fingerprint density at radius 2 is 1.89 bits per heavy atom. The van der Waals surface area contributed by atoms with E-state index in [4.69, 9.17) is 9.47 Å². The highest BCUT2D eigenvalue weighted by molar-refractivity contribution is 5.42. The van der Waals surface area contributed by atoms with Crippen LogP contribution in [0.3, 0.4) is 0 Å². The van der Waals surface area contributed by atoms with Gasteiger partial charge in [-0.3, -0.25) is 0 Å². The summed E-state index contributed by atoms with van der Waals surface area (Å²) < 4.78 is 10.7. The van der Waals surface area contributed by atoms with Gasteiger partial charge in [-0.25, -0.2) is 0 Å². The molecule has 0 saturated heterocycles. The summed E-state index contributed by atoms with van der Waals surface area (Å²) in [5.41, 5.74) is 1.14. The van der Waals surface area contributed by atoms with E-state index < -0.39 is 0 Å². The van der Waals surface area contributed by atoms with Crippen molar-refractivity contribution in [1.82, 2.24) is 5.32 Å². The van der Waals surface area contributed by atoms with Crippen LogP contribution >= 0.6 is 0 Å². The molecule has 0 radical (unpaired) electrons. The summed E-state index contributed by atoms with van der Waals surface area (Å²) in [6.07, 6.45) is 2.37. The Labute approximate surface area is 110 Å². The fourth-order valence-electron chi connectivity index (χ4n) is 2.21. The van der Waals surface area contributed by atoms with Gasteiger partial charge in [-0.05, 0) is 38.5 Å². The third-order valence-corrected chi connectivity index (χ3v) is 3.16. The molecule has 1 rings (SSSR count). The van der Waals surface area contributed by atoms with E-state index in [2.05, 4.69) is 26.1 Å². The van der Waals surface area contributed by atoms with Crippen LogP contribution in [0.25, 0.3) is 0 Å². The summed E-state index contributed by atoms with van der Waals surface area (Å²) in [6.45, 7) is 6.57. The average molecular weight is 251 g/mol. The van der Waals surface area contributed by atoms with Crippen LogP contribution in [0.1, 0.15) is 45.2 Å². The Kier molecular flexibility index (Phi) is 5.99. The molecule has 18 heavy (non-hydrogen) atoms. The molecule has 1 aromatic carbocycles. The SMILES string of the molecule is CCCC(C)NC(C)c1cc(OC)ccc1OC. The predicted molar refractivity (Wildman–Crippen MR) is 75.5 cm³/mol. The highest BCUT2D eigenvalue weighted by Crippen LogP contribution is 2.29. The van der Waals surface area contributed by atoms with Crippen molar-refractivity contribution < 1.29 is 9.47 Å². The van der Waals surface area contributed by atoms with E-state index in [1.165, 1.54) is 12.8 Å². The Morgan fingerprint density at radius 3 is 2.44 bits per heavy atom. The van der Waals surface area contributed by atoms with Crippen molar-refractivity contribution in [3.8, 4) is 11.5 Å². The molecule has 0 aliphatic rings. The molecule has 0 saturated carbocycles. The Hall–Kier alpha value is -1.22. The fourth-order valence-corrected chi connectivity index (χ4v) is 2.21. The molecule has 0 aliphatic carbocycles. The lowest BCUT2D eigenvalue weighted by Gasteiger charge is -2.22.